The molecule has 0 aliphatic heterocycles. The van der Waals surface area contributed by atoms with Crippen molar-refractivity contribution in [2.45, 2.75) is 31.4 Å². The Hall–Kier alpha value is -0.370. The van der Waals surface area contributed by atoms with E-state index in [0.717, 1.165) is 8.60 Å². The van der Waals surface area contributed by atoms with Crippen molar-refractivity contribution >= 4 is 40.3 Å². The first-order valence-electron chi connectivity index (χ1n) is 4.68. The second-order valence-corrected chi connectivity index (χ2v) is 6.18. The van der Waals surface area contributed by atoms with Crippen LogP contribution in [0.25, 0.3) is 0 Å². The summed E-state index contributed by atoms with van der Waals surface area (Å²) in [6.07, 6.45) is 3.19. The van der Waals surface area contributed by atoms with Gasteiger partial charge < -0.3 is 4.74 Å². The minimum absolute atomic E-state index is 0.230. The third kappa shape index (κ3) is 5.11. The predicted molar refractivity (Wildman–Crippen MR) is 71.3 cm³/mol. The smallest absolute Gasteiger partial charge is 0.316 e. The van der Waals surface area contributed by atoms with E-state index in [1.807, 2.05) is 20.8 Å². The van der Waals surface area contributed by atoms with Crippen molar-refractivity contribution in [3.63, 3.8) is 0 Å². The van der Waals surface area contributed by atoms with Crippen LogP contribution in [0.2, 0.25) is 0 Å². The monoisotopic (exact) mass is 352 g/mol. The number of rotatable bonds is 3. The van der Waals surface area contributed by atoms with Crippen LogP contribution >= 0.6 is 34.4 Å². The molecule has 1 heterocycles. The van der Waals surface area contributed by atoms with Gasteiger partial charge in [-0.3, -0.25) is 4.79 Å². The number of aromatic nitrogens is 2. The summed E-state index contributed by atoms with van der Waals surface area (Å²) >= 11 is 3.50. The molecule has 0 aliphatic carbocycles. The van der Waals surface area contributed by atoms with Crippen LogP contribution in [-0.2, 0) is 9.53 Å². The van der Waals surface area contributed by atoms with Crippen molar-refractivity contribution in [3.8, 4) is 0 Å². The summed E-state index contributed by atoms with van der Waals surface area (Å²) in [6.45, 7) is 5.55. The van der Waals surface area contributed by atoms with Gasteiger partial charge in [-0.1, -0.05) is 11.8 Å². The predicted octanol–water partition coefficient (Wildman–Crippen LogP) is 2.52. The molecule has 0 atom stereocenters. The highest BCUT2D eigenvalue weighted by atomic mass is 127. The van der Waals surface area contributed by atoms with Gasteiger partial charge in [-0.2, -0.15) is 0 Å². The van der Waals surface area contributed by atoms with Crippen LogP contribution < -0.4 is 0 Å². The molecule has 88 valence electrons. The summed E-state index contributed by atoms with van der Waals surface area (Å²) in [4.78, 5) is 19.4. The molecule has 0 radical (unpaired) electrons. The minimum atomic E-state index is -0.434. The summed E-state index contributed by atoms with van der Waals surface area (Å²) in [5.74, 6) is 0.0384. The lowest BCUT2D eigenvalue weighted by Gasteiger charge is -2.19. The Kier molecular flexibility index (Phi) is 4.97. The summed E-state index contributed by atoms with van der Waals surface area (Å²) in [7, 11) is 0. The highest BCUT2D eigenvalue weighted by molar-refractivity contribution is 14.1. The summed E-state index contributed by atoms with van der Waals surface area (Å²) in [5.41, 5.74) is -0.434. The largest absolute Gasteiger partial charge is 0.459 e. The lowest BCUT2D eigenvalue weighted by atomic mass is 10.2. The molecule has 4 nitrogen and oxygen atoms in total. The topological polar surface area (TPSA) is 52.1 Å². The normalized spacial score (nSPS) is 11.2. The molecule has 16 heavy (non-hydrogen) atoms. The van der Waals surface area contributed by atoms with Crippen LogP contribution in [0.1, 0.15) is 20.8 Å². The molecule has 1 rings (SSSR count). The fourth-order valence-corrected chi connectivity index (χ4v) is 2.30. The molecular weight excluding hydrogens is 339 g/mol. The number of esters is 1. The molecule has 0 saturated heterocycles. The van der Waals surface area contributed by atoms with E-state index in [0.29, 0.717) is 0 Å². The highest BCUT2D eigenvalue weighted by Crippen LogP contribution is 2.21. The van der Waals surface area contributed by atoms with Gasteiger partial charge in [0.05, 0.1) is 9.32 Å². The number of carbonyl (C=O) groups excluding carboxylic acids is 1. The molecule has 1 aromatic heterocycles. The zero-order valence-corrected chi connectivity index (χ0v) is 12.3. The number of hydrogen-bond donors (Lipinski definition) is 0. The second-order valence-electron chi connectivity index (χ2n) is 4.05. The van der Waals surface area contributed by atoms with Gasteiger partial charge in [0.1, 0.15) is 17.0 Å². The number of thioether (sulfide) groups is 1. The summed E-state index contributed by atoms with van der Waals surface area (Å²) in [6, 6.07) is 0. The first-order valence-corrected chi connectivity index (χ1v) is 6.75. The Morgan fingerprint density at radius 3 is 2.81 bits per heavy atom. The summed E-state index contributed by atoms with van der Waals surface area (Å²) in [5, 5.41) is 0.807. The average molecular weight is 352 g/mol. The van der Waals surface area contributed by atoms with E-state index in [1.54, 1.807) is 6.20 Å². The molecule has 0 amide bonds. The number of ether oxygens (including phenoxy) is 1. The number of hydrogen-bond acceptors (Lipinski definition) is 5. The van der Waals surface area contributed by atoms with Gasteiger partial charge in [0, 0.05) is 6.20 Å². The third-order valence-corrected chi connectivity index (χ3v) is 3.51. The average Bonchev–Trinajstić information content (AvgIpc) is 2.14. The maximum Gasteiger partial charge on any atom is 0.316 e. The molecule has 6 heteroatoms. The van der Waals surface area contributed by atoms with Crippen LogP contribution in [0.3, 0.4) is 0 Å². The van der Waals surface area contributed by atoms with E-state index >= 15 is 0 Å². The first kappa shape index (κ1) is 13.7. The molecule has 0 aliphatic rings. The highest BCUT2D eigenvalue weighted by Gasteiger charge is 2.16. The van der Waals surface area contributed by atoms with E-state index in [2.05, 4.69) is 32.6 Å². The zero-order valence-electron chi connectivity index (χ0n) is 9.36. The number of nitrogens with zero attached hydrogens (tertiary/aromatic N) is 2. The van der Waals surface area contributed by atoms with Crippen LogP contribution in [-0.4, -0.2) is 27.3 Å². The van der Waals surface area contributed by atoms with Crippen LogP contribution in [0.4, 0.5) is 0 Å². The SMILES string of the molecule is CC(C)(C)OC(=O)CSc1ncncc1I. The summed E-state index contributed by atoms with van der Waals surface area (Å²) < 4.78 is 6.13. The second kappa shape index (κ2) is 5.81. The minimum Gasteiger partial charge on any atom is -0.459 e. The molecular formula is C10H13IN2O2S. The molecule has 0 bridgehead atoms. The van der Waals surface area contributed by atoms with Crippen LogP contribution in [0.15, 0.2) is 17.6 Å². The molecule has 0 spiro atoms. The Bertz CT molecular complexity index is 379. The first-order chi connectivity index (χ1) is 7.38. The van der Waals surface area contributed by atoms with Gasteiger partial charge in [-0.15, -0.1) is 0 Å². The Morgan fingerprint density at radius 1 is 1.56 bits per heavy atom. The van der Waals surface area contributed by atoms with E-state index in [4.69, 9.17) is 4.74 Å². The van der Waals surface area contributed by atoms with Gasteiger partial charge in [-0.25, -0.2) is 9.97 Å². The molecule has 0 unspecified atom stereocenters. The molecule has 0 aromatic carbocycles. The van der Waals surface area contributed by atoms with Gasteiger partial charge in [-0.05, 0) is 43.4 Å². The Labute approximate surface area is 113 Å². The van der Waals surface area contributed by atoms with Crippen molar-refractivity contribution in [2.24, 2.45) is 0 Å². The van der Waals surface area contributed by atoms with Crippen molar-refractivity contribution < 1.29 is 9.53 Å². The molecule has 0 saturated carbocycles. The van der Waals surface area contributed by atoms with E-state index in [-0.39, 0.29) is 11.7 Å². The molecule has 0 fully saturated rings. The van der Waals surface area contributed by atoms with Crippen molar-refractivity contribution in [1.29, 1.82) is 0 Å². The maximum atomic E-state index is 11.5. The van der Waals surface area contributed by atoms with Gasteiger partial charge in [0.25, 0.3) is 0 Å². The number of halogens is 1. The van der Waals surface area contributed by atoms with E-state index < -0.39 is 5.60 Å². The molecule has 0 N–H and O–H groups in total. The number of carbonyl (C=O) groups is 1. The van der Waals surface area contributed by atoms with Gasteiger partial charge in [0.15, 0.2) is 0 Å². The zero-order chi connectivity index (χ0) is 12.2. The third-order valence-electron chi connectivity index (χ3n) is 1.38. The van der Waals surface area contributed by atoms with Crippen molar-refractivity contribution in [3.05, 3.63) is 16.1 Å². The quantitative estimate of drug-likeness (QED) is 0.362. The fraction of sp³-hybridized carbons (Fsp3) is 0.500. The van der Waals surface area contributed by atoms with Crippen molar-refractivity contribution in [2.75, 3.05) is 5.75 Å². The molecule has 1 aromatic rings. The Balaban J connectivity index is 2.47. The van der Waals surface area contributed by atoms with Gasteiger partial charge >= 0.3 is 5.97 Å². The van der Waals surface area contributed by atoms with Crippen LogP contribution in [0, 0.1) is 3.57 Å². The standard InChI is InChI=1S/C10H13IN2O2S/c1-10(2,3)15-8(14)5-16-9-7(11)4-12-6-13-9/h4,6H,5H2,1-3H3. The van der Waals surface area contributed by atoms with Gasteiger partial charge in [0.2, 0.25) is 0 Å². The lowest BCUT2D eigenvalue weighted by Crippen LogP contribution is -2.24. The lowest BCUT2D eigenvalue weighted by molar-refractivity contribution is -0.151. The van der Waals surface area contributed by atoms with E-state index in [9.17, 15) is 4.79 Å². The van der Waals surface area contributed by atoms with Crippen LogP contribution in [0.5, 0.6) is 0 Å². The Morgan fingerprint density at radius 2 is 2.25 bits per heavy atom. The van der Waals surface area contributed by atoms with E-state index in [1.165, 1.54) is 18.1 Å². The maximum absolute atomic E-state index is 11.5. The van der Waals surface area contributed by atoms with Crippen molar-refractivity contribution in [1.82, 2.24) is 9.97 Å². The fourth-order valence-electron chi connectivity index (χ4n) is 0.906.